The summed E-state index contributed by atoms with van der Waals surface area (Å²) in [5, 5.41) is 3.00. The Labute approximate surface area is 110 Å². The van der Waals surface area contributed by atoms with Gasteiger partial charge in [-0.2, -0.15) is 0 Å². The van der Waals surface area contributed by atoms with Crippen molar-refractivity contribution >= 4 is 21.8 Å². The van der Waals surface area contributed by atoms with E-state index in [1.54, 1.807) is 12.3 Å². The lowest BCUT2D eigenvalue weighted by molar-refractivity contribution is 0.0556. The van der Waals surface area contributed by atoms with Crippen LogP contribution < -0.4 is 5.32 Å². The molecule has 2 N–H and O–H groups in total. The molecule has 1 aliphatic rings. The number of carbonyl (C=O) groups excluding carboxylic acids is 1. The lowest BCUT2D eigenvalue weighted by atomic mass is 9.75. The highest BCUT2D eigenvalue weighted by atomic mass is 79.9. The van der Waals surface area contributed by atoms with E-state index >= 15 is 0 Å². The highest BCUT2D eigenvalue weighted by Crippen LogP contribution is 2.35. The van der Waals surface area contributed by atoms with Crippen molar-refractivity contribution in [3.8, 4) is 0 Å². The monoisotopic (exact) mass is 299 g/mol. The first-order valence-corrected chi connectivity index (χ1v) is 6.62. The first-order valence-electron chi connectivity index (χ1n) is 5.83. The molecule has 0 aromatic carbocycles. The van der Waals surface area contributed by atoms with Gasteiger partial charge in [-0.1, -0.05) is 0 Å². The zero-order valence-corrected chi connectivity index (χ0v) is 11.8. The van der Waals surface area contributed by atoms with E-state index in [2.05, 4.69) is 45.2 Å². The molecule has 5 heteroatoms. The fraction of sp³-hybridized carbons (Fsp3) is 0.583. The summed E-state index contributed by atoms with van der Waals surface area (Å²) in [6, 6.07) is 1.79. The SMILES string of the molecule is CN(C)C1(CNC(=O)c2cc(Br)c[nH]2)CCC1. The van der Waals surface area contributed by atoms with Gasteiger partial charge >= 0.3 is 0 Å². The Morgan fingerprint density at radius 1 is 1.59 bits per heavy atom. The molecular formula is C12H18BrN3O. The number of hydrogen-bond donors (Lipinski definition) is 2. The second-order valence-corrected chi connectivity index (χ2v) is 5.80. The van der Waals surface area contributed by atoms with Crippen molar-refractivity contribution < 1.29 is 4.79 Å². The van der Waals surface area contributed by atoms with Crippen molar-refractivity contribution in [1.82, 2.24) is 15.2 Å². The van der Waals surface area contributed by atoms with Crippen LogP contribution in [0.3, 0.4) is 0 Å². The minimum absolute atomic E-state index is 0.0381. The normalized spacial score (nSPS) is 17.9. The highest BCUT2D eigenvalue weighted by molar-refractivity contribution is 9.10. The van der Waals surface area contributed by atoms with Crippen molar-refractivity contribution in [2.45, 2.75) is 24.8 Å². The smallest absolute Gasteiger partial charge is 0.267 e. The second-order valence-electron chi connectivity index (χ2n) is 4.89. The molecular weight excluding hydrogens is 282 g/mol. The average Bonchev–Trinajstić information content (AvgIpc) is 2.62. The van der Waals surface area contributed by atoms with Crippen molar-refractivity contribution in [2.75, 3.05) is 20.6 Å². The third-order valence-electron chi connectivity index (χ3n) is 3.70. The summed E-state index contributed by atoms with van der Waals surface area (Å²) >= 11 is 3.32. The first-order chi connectivity index (χ1) is 8.03. The Balaban J connectivity index is 1.92. The Morgan fingerprint density at radius 2 is 2.29 bits per heavy atom. The molecule has 1 aliphatic carbocycles. The summed E-state index contributed by atoms with van der Waals surface area (Å²) in [6.45, 7) is 0.718. The fourth-order valence-corrected chi connectivity index (χ4v) is 2.55. The minimum atomic E-state index is -0.0381. The van der Waals surface area contributed by atoms with Gasteiger partial charge in [-0.15, -0.1) is 0 Å². The van der Waals surface area contributed by atoms with Crippen LogP contribution in [0.1, 0.15) is 29.8 Å². The third kappa shape index (κ3) is 2.55. The molecule has 1 fully saturated rings. The zero-order valence-electron chi connectivity index (χ0n) is 10.2. The molecule has 1 saturated carbocycles. The number of nitrogens with zero attached hydrogens (tertiary/aromatic N) is 1. The number of nitrogens with one attached hydrogen (secondary N) is 2. The number of hydrogen-bond acceptors (Lipinski definition) is 2. The van der Waals surface area contributed by atoms with Gasteiger partial charge in [0.05, 0.1) is 0 Å². The number of carbonyl (C=O) groups is 1. The number of H-pyrrole nitrogens is 1. The molecule has 2 rings (SSSR count). The van der Waals surface area contributed by atoms with Crippen LogP contribution in [-0.4, -0.2) is 42.0 Å². The summed E-state index contributed by atoms with van der Waals surface area (Å²) < 4.78 is 0.897. The summed E-state index contributed by atoms with van der Waals surface area (Å²) in [6.07, 6.45) is 5.34. The lowest BCUT2D eigenvalue weighted by Gasteiger charge is -2.47. The van der Waals surface area contributed by atoms with E-state index in [-0.39, 0.29) is 11.4 Å². The van der Waals surface area contributed by atoms with Gasteiger partial charge in [-0.05, 0) is 55.4 Å². The molecule has 4 nitrogen and oxygen atoms in total. The summed E-state index contributed by atoms with van der Waals surface area (Å²) in [5.74, 6) is -0.0381. The van der Waals surface area contributed by atoms with Crippen LogP contribution in [0.4, 0.5) is 0 Å². The van der Waals surface area contributed by atoms with Gasteiger partial charge in [-0.3, -0.25) is 4.79 Å². The van der Waals surface area contributed by atoms with Crippen molar-refractivity contribution in [3.05, 3.63) is 22.4 Å². The molecule has 0 atom stereocenters. The largest absolute Gasteiger partial charge is 0.356 e. The van der Waals surface area contributed by atoms with Crippen LogP contribution in [0.2, 0.25) is 0 Å². The third-order valence-corrected chi connectivity index (χ3v) is 4.16. The van der Waals surface area contributed by atoms with Crippen LogP contribution in [0.15, 0.2) is 16.7 Å². The molecule has 0 radical (unpaired) electrons. The topological polar surface area (TPSA) is 48.1 Å². The summed E-state index contributed by atoms with van der Waals surface area (Å²) in [7, 11) is 4.16. The quantitative estimate of drug-likeness (QED) is 0.893. The minimum Gasteiger partial charge on any atom is -0.356 e. The highest BCUT2D eigenvalue weighted by Gasteiger charge is 2.39. The van der Waals surface area contributed by atoms with Crippen molar-refractivity contribution in [1.29, 1.82) is 0 Å². The number of amides is 1. The van der Waals surface area contributed by atoms with E-state index in [1.165, 1.54) is 6.42 Å². The molecule has 0 aliphatic heterocycles. The predicted molar refractivity (Wildman–Crippen MR) is 71.1 cm³/mol. The molecule has 1 aromatic heterocycles. The Hall–Kier alpha value is -0.810. The molecule has 0 bridgehead atoms. The van der Waals surface area contributed by atoms with Crippen LogP contribution in [0, 0.1) is 0 Å². The van der Waals surface area contributed by atoms with Crippen molar-refractivity contribution in [2.24, 2.45) is 0 Å². The van der Waals surface area contributed by atoms with Gasteiger partial charge in [0.2, 0.25) is 0 Å². The van der Waals surface area contributed by atoms with Crippen LogP contribution in [0.25, 0.3) is 0 Å². The van der Waals surface area contributed by atoms with Crippen LogP contribution >= 0.6 is 15.9 Å². The Bertz CT molecular complexity index is 410. The van der Waals surface area contributed by atoms with Crippen LogP contribution in [0.5, 0.6) is 0 Å². The maximum absolute atomic E-state index is 11.9. The van der Waals surface area contributed by atoms with Gasteiger partial charge < -0.3 is 15.2 Å². The molecule has 1 aromatic rings. The molecule has 94 valence electrons. The van der Waals surface area contributed by atoms with Gasteiger partial charge in [0, 0.05) is 22.8 Å². The summed E-state index contributed by atoms with van der Waals surface area (Å²) in [5.41, 5.74) is 0.768. The van der Waals surface area contributed by atoms with Gasteiger partial charge in [0.15, 0.2) is 0 Å². The average molecular weight is 300 g/mol. The van der Waals surface area contributed by atoms with Gasteiger partial charge in [-0.25, -0.2) is 0 Å². The number of likely N-dealkylation sites (N-methyl/N-ethyl adjacent to an activating group) is 1. The van der Waals surface area contributed by atoms with E-state index in [4.69, 9.17) is 0 Å². The fourth-order valence-electron chi connectivity index (χ4n) is 2.21. The maximum Gasteiger partial charge on any atom is 0.267 e. The predicted octanol–water partition coefficient (Wildman–Crippen LogP) is 1.99. The molecule has 0 saturated heterocycles. The molecule has 1 amide bonds. The van der Waals surface area contributed by atoms with Crippen LogP contribution in [-0.2, 0) is 0 Å². The lowest BCUT2D eigenvalue weighted by Crippen LogP contribution is -2.57. The number of halogens is 1. The number of aromatic amines is 1. The molecule has 0 unspecified atom stereocenters. The zero-order chi connectivity index (χ0) is 12.5. The summed E-state index contributed by atoms with van der Waals surface area (Å²) in [4.78, 5) is 17.0. The molecule has 0 spiro atoms. The molecule has 1 heterocycles. The van der Waals surface area contributed by atoms with E-state index < -0.39 is 0 Å². The second kappa shape index (κ2) is 4.82. The Morgan fingerprint density at radius 3 is 2.71 bits per heavy atom. The number of rotatable bonds is 4. The van der Waals surface area contributed by atoms with E-state index in [9.17, 15) is 4.79 Å². The Kier molecular flexibility index (Phi) is 3.58. The van der Waals surface area contributed by atoms with E-state index in [0.29, 0.717) is 5.69 Å². The van der Waals surface area contributed by atoms with E-state index in [0.717, 1.165) is 23.9 Å². The van der Waals surface area contributed by atoms with Gasteiger partial charge in [0.25, 0.3) is 5.91 Å². The maximum atomic E-state index is 11.9. The van der Waals surface area contributed by atoms with Gasteiger partial charge in [0.1, 0.15) is 5.69 Å². The van der Waals surface area contributed by atoms with Crippen molar-refractivity contribution in [3.63, 3.8) is 0 Å². The standard InChI is InChI=1S/C12H18BrN3O/c1-16(2)12(4-3-5-12)8-15-11(17)10-6-9(13)7-14-10/h6-7,14H,3-5,8H2,1-2H3,(H,15,17). The van der Waals surface area contributed by atoms with E-state index in [1.807, 2.05) is 0 Å². The first kappa shape index (κ1) is 12.6. The molecule has 17 heavy (non-hydrogen) atoms. The number of aromatic nitrogens is 1.